The summed E-state index contributed by atoms with van der Waals surface area (Å²) in [4.78, 5) is 15.7. The van der Waals surface area contributed by atoms with Gasteiger partial charge in [0.25, 0.3) is 0 Å². The number of thioether (sulfide) groups is 1. The summed E-state index contributed by atoms with van der Waals surface area (Å²) < 4.78 is 0. The van der Waals surface area contributed by atoms with Gasteiger partial charge in [0.15, 0.2) is 5.78 Å². The topological polar surface area (TPSA) is 56.0 Å². The Morgan fingerprint density at radius 2 is 2.20 bits per heavy atom. The molecule has 15 heavy (non-hydrogen) atoms. The molecule has 0 aromatic carbocycles. The van der Waals surface area contributed by atoms with E-state index in [0.29, 0.717) is 11.4 Å². The van der Waals surface area contributed by atoms with Crippen molar-refractivity contribution in [2.75, 3.05) is 17.2 Å². The Labute approximate surface area is 93.5 Å². The van der Waals surface area contributed by atoms with E-state index in [0.717, 1.165) is 30.0 Å². The van der Waals surface area contributed by atoms with Crippen molar-refractivity contribution in [3.63, 3.8) is 0 Å². The lowest BCUT2D eigenvalue weighted by Crippen LogP contribution is -2.08. The van der Waals surface area contributed by atoms with Gasteiger partial charge in [-0.05, 0) is 42.9 Å². The van der Waals surface area contributed by atoms with Gasteiger partial charge in [-0.1, -0.05) is 0 Å². The molecule has 1 aliphatic heterocycles. The average Bonchev–Trinajstić information content (AvgIpc) is 2.40. The van der Waals surface area contributed by atoms with Crippen LogP contribution in [0.25, 0.3) is 0 Å². The molecule has 0 unspecified atom stereocenters. The van der Waals surface area contributed by atoms with Gasteiger partial charge in [0.1, 0.15) is 5.82 Å². The molecule has 4 heteroatoms. The maximum Gasteiger partial charge on any atom is 0.163 e. The van der Waals surface area contributed by atoms with Crippen LogP contribution in [-0.4, -0.2) is 22.3 Å². The molecular weight excluding hydrogens is 208 g/mol. The second-order valence-electron chi connectivity index (χ2n) is 3.70. The zero-order chi connectivity index (χ0) is 10.8. The molecule has 1 aromatic heterocycles. The standard InChI is InChI=1S/C11H14N2OS/c1-7(14)9-6-8-2-4-15-5-3-10(8)13-11(9)12/h6H,2-5H2,1H3,(H2,12,13). The van der Waals surface area contributed by atoms with Gasteiger partial charge >= 0.3 is 0 Å². The summed E-state index contributed by atoms with van der Waals surface area (Å²) in [6.07, 6.45) is 1.95. The smallest absolute Gasteiger partial charge is 0.163 e. The molecule has 1 aliphatic rings. The Bertz CT molecular complexity index is 404. The van der Waals surface area contributed by atoms with Crippen molar-refractivity contribution in [3.8, 4) is 0 Å². The monoisotopic (exact) mass is 222 g/mol. The number of aryl methyl sites for hydroxylation is 2. The third-order valence-corrected chi connectivity index (χ3v) is 3.58. The molecule has 1 aromatic rings. The Morgan fingerprint density at radius 3 is 2.93 bits per heavy atom. The number of carbonyl (C=O) groups excluding carboxylic acids is 1. The number of Topliss-reactive ketones (excluding diaryl/α,β-unsaturated/α-hetero) is 1. The number of nitrogens with two attached hydrogens (primary N) is 1. The highest BCUT2D eigenvalue weighted by molar-refractivity contribution is 7.99. The highest BCUT2D eigenvalue weighted by atomic mass is 32.2. The molecule has 2 rings (SSSR count). The van der Waals surface area contributed by atoms with Crippen LogP contribution < -0.4 is 5.73 Å². The van der Waals surface area contributed by atoms with Crippen LogP contribution in [0.4, 0.5) is 5.82 Å². The first-order valence-electron chi connectivity index (χ1n) is 5.05. The molecule has 0 atom stereocenters. The predicted molar refractivity (Wildman–Crippen MR) is 63.4 cm³/mol. The van der Waals surface area contributed by atoms with Crippen LogP contribution >= 0.6 is 11.8 Å². The number of anilines is 1. The van der Waals surface area contributed by atoms with Gasteiger partial charge in [-0.15, -0.1) is 0 Å². The van der Waals surface area contributed by atoms with E-state index in [1.807, 2.05) is 17.8 Å². The summed E-state index contributed by atoms with van der Waals surface area (Å²) in [6, 6.07) is 1.92. The van der Waals surface area contributed by atoms with Crippen molar-refractivity contribution >= 4 is 23.4 Å². The molecule has 3 nitrogen and oxygen atoms in total. The highest BCUT2D eigenvalue weighted by Gasteiger charge is 2.14. The Morgan fingerprint density at radius 1 is 1.47 bits per heavy atom. The van der Waals surface area contributed by atoms with E-state index in [1.165, 1.54) is 12.5 Å². The van der Waals surface area contributed by atoms with E-state index in [1.54, 1.807) is 0 Å². The minimum Gasteiger partial charge on any atom is -0.383 e. The fourth-order valence-electron chi connectivity index (χ4n) is 1.78. The average molecular weight is 222 g/mol. The van der Waals surface area contributed by atoms with Crippen molar-refractivity contribution in [2.24, 2.45) is 0 Å². The summed E-state index contributed by atoms with van der Waals surface area (Å²) in [5, 5.41) is 0. The van der Waals surface area contributed by atoms with Crippen molar-refractivity contribution in [3.05, 3.63) is 22.9 Å². The maximum atomic E-state index is 11.3. The second kappa shape index (κ2) is 4.23. The second-order valence-corrected chi connectivity index (χ2v) is 4.92. The van der Waals surface area contributed by atoms with Gasteiger partial charge in [-0.2, -0.15) is 11.8 Å². The molecule has 0 saturated carbocycles. The van der Waals surface area contributed by atoms with Crippen LogP contribution in [0.2, 0.25) is 0 Å². The molecule has 0 bridgehead atoms. The van der Waals surface area contributed by atoms with Crippen LogP contribution in [0.3, 0.4) is 0 Å². The molecule has 0 spiro atoms. The normalized spacial score (nSPS) is 15.5. The van der Waals surface area contributed by atoms with Gasteiger partial charge in [-0.3, -0.25) is 4.79 Å². The van der Waals surface area contributed by atoms with E-state index in [-0.39, 0.29) is 5.78 Å². The minimum absolute atomic E-state index is 0.000278. The minimum atomic E-state index is -0.000278. The molecule has 0 saturated heterocycles. The van der Waals surface area contributed by atoms with Crippen LogP contribution in [0.5, 0.6) is 0 Å². The van der Waals surface area contributed by atoms with Gasteiger partial charge in [0.05, 0.1) is 5.56 Å². The van der Waals surface area contributed by atoms with Crippen molar-refractivity contribution in [1.82, 2.24) is 4.98 Å². The number of aromatic nitrogens is 1. The SMILES string of the molecule is CC(=O)c1cc2c(nc1N)CCSCC2. The lowest BCUT2D eigenvalue weighted by atomic mass is 10.0. The first kappa shape index (κ1) is 10.5. The Kier molecular flexibility index (Phi) is 2.95. The lowest BCUT2D eigenvalue weighted by molar-refractivity contribution is 0.101. The zero-order valence-corrected chi connectivity index (χ0v) is 9.56. The number of carbonyl (C=O) groups is 1. The van der Waals surface area contributed by atoms with Crippen LogP contribution in [0, 0.1) is 0 Å². The molecule has 2 heterocycles. The summed E-state index contributed by atoms with van der Waals surface area (Å²) in [5.74, 6) is 2.59. The summed E-state index contributed by atoms with van der Waals surface area (Å²) >= 11 is 1.93. The van der Waals surface area contributed by atoms with Crippen LogP contribution in [0.1, 0.15) is 28.5 Å². The van der Waals surface area contributed by atoms with Crippen molar-refractivity contribution in [1.29, 1.82) is 0 Å². The van der Waals surface area contributed by atoms with E-state index < -0.39 is 0 Å². The molecule has 2 N–H and O–H groups in total. The molecular formula is C11H14N2OS. The number of nitrogen functional groups attached to an aromatic ring is 1. The summed E-state index contributed by atoms with van der Waals surface area (Å²) in [6.45, 7) is 1.53. The number of ketones is 1. The molecule has 0 amide bonds. The summed E-state index contributed by atoms with van der Waals surface area (Å²) in [5.41, 5.74) is 8.59. The fourth-order valence-corrected chi connectivity index (χ4v) is 2.68. The van der Waals surface area contributed by atoms with Gasteiger partial charge in [-0.25, -0.2) is 4.98 Å². The number of fused-ring (bicyclic) bond motifs is 1. The molecule has 80 valence electrons. The lowest BCUT2D eigenvalue weighted by Gasteiger charge is -2.08. The quantitative estimate of drug-likeness (QED) is 0.735. The molecule has 0 fully saturated rings. The Hall–Kier alpha value is -1.03. The van der Waals surface area contributed by atoms with Crippen molar-refractivity contribution < 1.29 is 4.79 Å². The zero-order valence-electron chi connectivity index (χ0n) is 8.75. The molecule has 0 aliphatic carbocycles. The van der Waals surface area contributed by atoms with E-state index in [2.05, 4.69) is 4.98 Å². The largest absolute Gasteiger partial charge is 0.383 e. The predicted octanol–water partition coefficient (Wildman–Crippen LogP) is 1.70. The maximum absolute atomic E-state index is 11.3. The highest BCUT2D eigenvalue weighted by Crippen LogP contribution is 2.22. The van der Waals surface area contributed by atoms with Gasteiger partial charge < -0.3 is 5.73 Å². The molecule has 0 radical (unpaired) electrons. The first-order chi connectivity index (χ1) is 7.18. The third kappa shape index (κ3) is 2.15. The van der Waals surface area contributed by atoms with Crippen molar-refractivity contribution in [2.45, 2.75) is 19.8 Å². The van der Waals surface area contributed by atoms with E-state index >= 15 is 0 Å². The summed E-state index contributed by atoms with van der Waals surface area (Å²) in [7, 11) is 0. The van der Waals surface area contributed by atoms with Crippen LogP contribution in [-0.2, 0) is 12.8 Å². The van der Waals surface area contributed by atoms with Gasteiger partial charge in [0, 0.05) is 5.69 Å². The third-order valence-electron chi connectivity index (χ3n) is 2.60. The first-order valence-corrected chi connectivity index (χ1v) is 6.21. The van der Waals surface area contributed by atoms with Crippen LogP contribution in [0.15, 0.2) is 6.07 Å². The van der Waals surface area contributed by atoms with E-state index in [4.69, 9.17) is 5.73 Å². The number of hydrogen-bond donors (Lipinski definition) is 1. The number of hydrogen-bond acceptors (Lipinski definition) is 4. The van der Waals surface area contributed by atoms with Gasteiger partial charge in [0.2, 0.25) is 0 Å². The Balaban J connectivity index is 2.47. The van der Waals surface area contributed by atoms with E-state index in [9.17, 15) is 4.79 Å². The number of pyridine rings is 1. The fraction of sp³-hybridized carbons (Fsp3) is 0.455. The number of rotatable bonds is 1. The number of nitrogens with zero attached hydrogens (tertiary/aromatic N) is 1.